The van der Waals surface area contributed by atoms with Crippen molar-refractivity contribution in [1.29, 1.82) is 0 Å². The third kappa shape index (κ3) is 5.87. The molecule has 172 valence electrons. The lowest BCUT2D eigenvalue weighted by Crippen LogP contribution is -2.37. The summed E-state index contributed by atoms with van der Waals surface area (Å²) >= 11 is 0. The molecule has 0 spiro atoms. The lowest BCUT2D eigenvalue weighted by Gasteiger charge is -2.17. The Hall–Kier alpha value is -3.36. The van der Waals surface area contributed by atoms with Crippen molar-refractivity contribution in [3.8, 4) is 11.5 Å². The molecule has 0 fully saturated rings. The van der Waals surface area contributed by atoms with E-state index in [0.29, 0.717) is 24.7 Å². The van der Waals surface area contributed by atoms with Crippen molar-refractivity contribution in [3.63, 3.8) is 0 Å². The van der Waals surface area contributed by atoms with Crippen LogP contribution in [-0.2, 0) is 13.1 Å². The maximum atomic E-state index is 12.9. The van der Waals surface area contributed by atoms with Crippen LogP contribution < -0.4 is 20.1 Å². The Kier molecular flexibility index (Phi) is 8.24. The predicted molar refractivity (Wildman–Crippen MR) is 122 cm³/mol. The third-order valence-corrected chi connectivity index (χ3v) is 4.93. The van der Waals surface area contributed by atoms with E-state index in [-0.39, 0.29) is 18.0 Å². The quantitative estimate of drug-likeness (QED) is 0.279. The average Bonchev–Trinajstić information content (AvgIpc) is 3.10. The molecular weight excluding hydrogens is 416 g/mol. The number of aryl methyl sites for hydroxylation is 2. The van der Waals surface area contributed by atoms with Gasteiger partial charge >= 0.3 is 6.61 Å². The van der Waals surface area contributed by atoms with E-state index >= 15 is 0 Å². The number of rotatable bonds is 10. The third-order valence-electron chi connectivity index (χ3n) is 4.93. The van der Waals surface area contributed by atoms with Gasteiger partial charge in [-0.3, -0.25) is 4.99 Å². The van der Waals surface area contributed by atoms with Gasteiger partial charge < -0.3 is 24.7 Å². The number of fused-ring (bicyclic) bond motifs is 1. The van der Waals surface area contributed by atoms with Gasteiger partial charge in [0.05, 0.1) is 17.6 Å². The molecule has 0 aliphatic heterocycles. The van der Waals surface area contributed by atoms with Crippen LogP contribution >= 0.6 is 0 Å². The lowest BCUT2D eigenvalue weighted by molar-refractivity contribution is -0.0520. The van der Waals surface area contributed by atoms with Crippen LogP contribution in [-0.4, -0.2) is 42.3 Å². The fourth-order valence-corrected chi connectivity index (χ4v) is 3.51. The number of nitrogens with one attached hydrogen (secondary N) is 2. The number of ether oxygens (including phenoxy) is 2. The molecule has 32 heavy (non-hydrogen) atoms. The number of hydrogen-bond donors (Lipinski definition) is 2. The Labute approximate surface area is 186 Å². The standard InChI is InChI=1S/C23H29F2N5O2/c1-4-31-20-12-7-9-17(21(20)32-22(24)25)15-28-23(26-3)27-13-8-14-30-16(2)29-18-10-5-6-11-19(18)30/h5-7,9-12,22H,4,8,13-15H2,1-3H3,(H2,26,27,28). The maximum absolute atomic E-state index is 12.9. The first-order valence-electron chi connectivity index (χ1n) is 10.6. The molecule has 0 aliphatic carbocycles. The summed E-state index contributed by atoms with van der Waals surface area (Å²) in [5, 5.41) is 6.40. The summed E-state index contributed by atoms with van der Waals surface area (Å²) < 4.78 is 38.1. The summed E-state index contributed by atoms with van der Waals surface area (Å²) in [5.74, 6) is 1.88. The fourth-order valence-electron chi connectivity index (χ4n) is 3.51. The van der Waals surface area contributed by atoms with E-state index in [1.54, 1.807) is 32.2 Å². The highest BCUT2D eigenvalue weighted by atomic mass is 19.3. The SMILES string of the molecule is CCOc1cccc(CNC(=NC)NCCCn2c(C)nc3ccccc32)c1OC(F)F. The zero-order chi connectivity index (χ0) is 22.9. The molecule has 3 rings (SSSR count). The van der Waals surface area contributed by atoms with Gasteiger partial charge in [-0.25, -0.2) is 4.98 Å². The van der Waals surface area contributed by atoms with E-state index in [2.05, 4.69) is 31.2 Å². The second-order valence-corrected chi connectivity index (χ2v) is 7.06. The van der Waals surface area contributed by atoms with Crippen molar-refractivity contribution in [3.05, 3.63) is 53.9 Å². The Morgan fingerprint density at radius 2 is 1.97 bits per heavy atom. The molecule has 2 N–H and O–H groups in total. The van der Waals surface area contributed by atoms with Gasteiger partial charge in [0.25, 0.3) is 0 Å². The minimum absolute atomic E-state index is 0.0368. The van der Waals surface area contributed by atoms with E-state index < -0.39 is 6.61 Å². The van der Waals surface area contributed by atoms with Crippen molar-refractivity contribution in [2.45, 2.75) is 40.0 Å². The largest absolute Gasteiger partial charge is 0.490 e. The van der Waals surface area contributed by atoms with Crippen molar-refractivity contribution < 1.29 is 18.3 Å². The molecule has 9 heteroatoms. The van der Waals surface area contributed by atoms with Crippen LogP contribution in [0.1, 0.15) is 24.7 Å². The Balaban J connectivity index is 1.55. The van der Waals surface area contributed by atoms with Gasteiger partial charge in [0, 0.05) is 32.2 Å². The number of hydrogen-bond acceptors (Lipinski definition) is 4. The smallest absolute Gasteiger partial charge is 0.387 e. The molecule has 2 aromatic carbocycles. The van der Waals surface area contributed by atoms with Crippen LogP contribution in [0.2, 0.25) is 0 Å². The normalized spacial score (nSPS) is 11.8. The average molecular weight is 446 g/mol. The first kappa shape index (κ1) is 23.3. The molecule has 0 bridgehead atoms. The summed E-state index contributed by atoms with van der Waals surface area (Å²) in [6.07, 6.45) is 0.863. The van der Waals surface area contributed by atoms with Crippen LogP contribution in [0.15, 0.2) is 47.5 Å². The lowest BCUT2D eigenvalue weighted by atomic mass is 10.2. The zero-order valence-corrected chi connectivity index (χ0v) is 18.6. The number of halogens is 2. The van der Waals surface area contributed by atoms with Crippen molar-refractivity contribution >= 4 is 17.0 Å². The maximum Gasteiger partial charge on any atom is 0.387 e. The number of benzene rings is 2. The molecule has 7 nitrogen and oxygen atoms in total. The molecule has 0 saturated carbocycles. The second kappa shape index (κ2) is 11.3. The van der Waals surface area contributed by atoms with Gasteiger partial charge in [0.2, 0.25) is 0 Å². The minimum Gasteiger partial charge on any atom is -0.490 e. The van der Waals surface area contributed by atoms with E-state index in [1.807, 2.05) is 25.1 Å². The van der Waals surface area contributed by atoms with Crippen LogP contribution in [0, 0.1) is 6.92 Å². The monoisotopic (exact) mass is 445 g/mol. The van der Waals surface area contributed by atoms with Gasteiger partial charge in [-0.2, -0.15) is 8.78 Å². The number of imidazole rings is 1. The number of nitrogens with zero attached hydrogens (tertiary/aromatic N) is 3. The molecule has 3 aromatic rings. The molecule has 0 atom stereocenters. The van der Waals surface area contributed by atoms with E-state index in [9.17, 15) is 8.78 Å². The Morgan fingerprint density at radius 1 is 1.16 bits per heavy atom. The summed E-state index contributed by atoms with van der Waals surface area (Å²) in [5.41, 5.74) is 2.67. The van der Waals surface area contributed by atoms with Crippen molar-refractivity contribution in [1.82, 2.24) is 20.2 Å². The summed E-state index contributed by atoms with van der Waals surface area (Å²) in [6, 6.07) is 13.1. The van der Waals surface area contributed by atoms with Crippen LogP contribution in [0.4, 0.5) is 8.78 Å². The number of alkyl halides is 2. The highest BCUT2D eigenvalue weighted by molar-refractivity contribution is 5.79. The van der Waals surface area contributed by atoms with Gasteiger partial charge in [0.15, 0.2) is 17.5 Å². The first-order chi connectivity index (χ1) is 15.5. The highest BCUT2D eigenvalue weighted by Gasteiger charge is 2.16. The summed E-state index contributed by atoms with van der Waals surface area (Å²) in [6.45, 7) is 2.97. The topological polar surface area (TPSA) is 72.7 Å². The van der Waals surface area contributed by atoms with Crippen LogP contribution in [0.5, 0.6) is 11.5 Å². The number of para-hydroxylation sites is 3. The van der Waals surface area contributed by atoms with Gasteiger partial charge in [0.1, 0.15) is 5.82 Å². The first-order valence-corrected chi connectivity index (χ1v) is 10.6. The number of aliphatic imine (C=N–C) groups is 1. The zero-order valence-electron chi connectivity index (χ0n) is 18.6. The van der Waals surface area contributed by atoms with Crippen molar-refractivity contribution in [2.75, 3.05) is 20.2 Å². The van der Waals surface area contributed by atoms with Crippen molar-refractivity contribution in [2.24, 2.45) is 4.99 Å². The van der Waals surface area contributed by atoms with Gasteiger partial charge in [-0.05, 0) is 38.5 Å². The van der Waals surface area contributed by atoms with Crippen LogP contribution in [0.25, 0.3) is 11.0 Å². The molecule has 0 amide bonds. The molecular formula is C23H29F2N5O2. The Morgan fingerprint density at radius 3 is 2.72 bits per heavy atom. The molecule has 0 saturated heterocycles. The number of guanidine groups is 1. The van der Waals surface area contributed by atoms with E-state index in [0.717, 1.165) is 29.8 Å². The Bertz CT molecular complexity index is 1050. The number of aromatic nitrogens is 2. The molecule has 1 heterocycles. The van der Waals surface area contributed by atoms with Crippen LogP contribution in [0.3, 0.4) is 0 Å². The summed E-state index contributed by atoms with van der Waals surface area (Å²) in [7, 11) is 1.66. The molecule has 0 radical (unpaired) electrons. The van der Waals surface area contributed by atoms with Gasteiger partial charge in [-0.1, -0.05) is 24.3 Å². The van der Waals surface area contributed by atoms with E-state index in [1.165, 1.54) is 0 Å². The molecule has 1 aromatic heterocycles. The molecule has 0 aliphatic rings. The highest BCUT2D eigenvalue weighted by Crippen LogP contribution is 2.32. The fraction of sp³-hybridized carbons (Fsp3) is 0.391. The van der Waals surface area contributed by atoms with Gasteiger partial charge in [-0.15, -0.1) is 0 Å². The minimum atomic E-state index is -2.93. The molecule has 0 unspecified atom stereocenters. The second-order valence-electron chi connectivity index (χ2n) is 7.06. The summed E-state index contributed by atoms with van der Waals surface area (Å²) in [4.78, 5) is 8.80. The van der Waals surface area contributed by atoms with E-state index in [4.69, 9.17) is 9.47 Å². The predicted octanol–water partition coefficient (Wildman–Crippen LogP) is 4.10.